The summed E-state index contributed by atoms with van der Waals surface area (Å²) in [6.07, 6.45) is 7.87. The molecular weight excluding hydrogens is 256 g/mol. The molecule has 0 radical (unpaired) electrons. The highest BCUT2D eigenvalue weighted by molar-refractivity contribution is 5.14. The van der Waals surface area contributed by atoms with Crippen molar-refractivity contribution in [2.45, 2.75) is 51.0 Å². The molecule has 2 nitrogen and oxygen atoms in total. The van der Waals surface area contributed by atoms with E-state index in [1.807, 2.05) is 0 Å². The van der Waals surface area contributed by atoms with Gasteiger partial charge in [-0.25, -0.2) is 0 Å². The normalized spacial score (nSPS) is 26.2. The molecule has 0 heterocycles. The number of hydrogen-bond donors (Lipinski definition) is 1. The Balaban J connectivity index is 1.73. The molecule has 0 saturated heterocycles. The van der Waals surface area contributed by atoms with E-state index in [-0.39, 0.29) is 0 Å². The maximum atomic E-state index is 3.73. The number of benzene rings is 1. The predicted octanol–water partition coefficient (Wildman–Crippen LogP) is 3.72. The Morgan fingerprint density at radius 1 is 1.24 bits per heavy atom. The summed E-state index contributed by atoms with van der Waals surface area (Å²) in [7, 11) is 4.51. The van der Waals surface area contributed by atoms with Crippen LogP contribution >= 0.6 is 0 Å². The molecule has 0 spiro atoms. The summed E-state index contributed by atoms with van der Waals surface area (Å²) in [6.45, 7) is 4.67. The van der Waals surface area contributed by atoms with E-state index in [2.05, 4.69) is 61.6 Å². The minimum absolute atomic E-state index is 0.379. The molecule has 1 aliphatic carbocycles. The van der Waals surface area contributed by atoms with E-state index in [1.54, 1.807) is 0 Å². The fourth-order valence-electron chi connectivity index (χ4n) is 3.74. The van der Waals surface area contributed by atoms with Crippen LogP contribution in [0, 0.1) is 5.92 Å². The van der Waals surface area contributed by atoms with Crippen molar-refractivity contribution in [3.63, 3.8) is 0 Å². The number of likely N-dealkylation sites (N-methyl/N-ethyl adjacent to an activating group) is 1. The molecule has 2 unspecified atom stereocenters. The van der Waals surface area contributed by atoms with Crippen molar-refractivity contribution >= 4 is 0 Å². The lowest BCUT2D eigenvalue weighted by molar-refractivity contribution is 0.0754. The molecule has 0 amide bonds. The van der Waals surface area contributed by atoms with Gasteiger partial charge in [-0.05, 0) is 57.8 Å². The van der Waals surface area contributed by atoms with Gasteiger partial charge in [0, 0.05) is 12.1 Å². The molecule has 0 aromatic heterocycles. The van der Waals surface area contributed by atoms with Gasteiger partial charge in [0.25, 0.3) is 0 Å². The topological polar surface area (TPSA) is 15.3 Å². The van der Waals surface area contributed by atoms with Gasteiger partial charge in [-0.1, -0.05) is 50.1 Å². The Bertz CT molecular complexity index is 401. The van der Waals surface area contributed by atoms with E-state index < -0.39 is 0 Å². The largest absolute Gasteiger partial charge is 0.315 e. The van der Waals surface area contributed by atoms with Crippen LogP contribution in [0.25, 0.3) is 0 Å². The van der Waals surface area contributed by atoms with Crippen LogP contribution in [0.5, 0.6) is 0 Å². The van der Waals surface area contributed by atoms with Crippen molar-refractivity contribution in [3.05, 3.63) is 35.9 Å². The Morgan fingerprint density at radius 2 is 2.00 bits per heavy atom. The highest BCUT2D eigenvalue weighted by Crippen LogP contribution is 2.35. The summed E-state index contributed by atoms with van der Waals surface area (Å²) in [4.78, 5) is 2.47. The van der Waals surface area contributed by atoms with Crippen LogP contribution in [-0.4, -0.2) is 37.6 Å². The second-order valence-electron chi connectivity index (χ2n) is 7.09. The van der Waals surface area contributed by atoms with Crippen LogP contribution in [0.3, 0.4) is 0 Å². The second kappa shape index (κ2) is 7.95. The van der Waals surface area contributed by atoms with Gasteiger partial charge in [-0.15, -0.1) is 0 Å². The molecular formula is C19H32N2. The molecule has 1 N–H and O–H groups in total. The zero-order valence-electron chi connectivity index (χ0n) is 14.1. The van der Waals surface area contributed by atoms with Gasteiger partial charge >= 0.3 is 0 Å². The summed E-state index contributed by atoms with van der Waals surface area (Å²) in [5.41, 5.74) is 1.83. The number of hydrogen-bond acceptors (Lipinski definition) is 2. The highest BCUT2D eigenvalue weighted by atomic mass is 15.2. The van der Waals surface area contributed by atoms with E-state index in [4.69, 9.17) is 0 Å². The maximum absolute atomic E-state index is 3.73. The minimum Gasteiger partial charge on any atom is -0.315 e. The highest BCUT2D eigenvalue weighted by Gasteiger charge is 2.36. The fourth-order valence-corrected chi connectivity index (χ4v) is 3.74. The molecule has 2 heteroatoms. The summed E-state index contributed by atoms with van der Waals surface area (Å²) in [5.74, 6) is 0.868. The van der Waals surface area contributed by atoms with Gasteiger partial charge in [0.05, 0.1) is 0 Å². The van der Waals surface area contributed by atoms with Gasteiger partial charge in [0.15, 0.2) is 0 Å². The van der Waals surface area contributed by atoms with Gasteiger partial charge in [-0.3, -0.25) is 0 Å². The van der Waals surface area contributed by atoms with Crippen LogP contribution < -0.4 is 5.32 Å². The Hall–Kier alpha value is -0.860. The Kier molecular flexibility index (Phi) is 6.25. The quantitative estimate of drug-likeness (QED) is 0.769. The third kappa shape index (κ3) is 4.82. The third-order valence-electron chi connectivity index (χ3n) is 5.13. The van der Waals surface area contributed by atoms with Crippen molar-refractivity contribution in [3.8, 4) is 0 Å². The first-order chi connectivity index (χ1) is 10.1. The SMILES string of the molecule is CC1CCCC(CNCCCc2ccccc2)(N(C)C)C1. The molecule has 1 aliphatic rings. The van der Waals surface area contributed by atoms with E-state index >= 15 is 0 Å². The van der Waals surface area contributed by atoms with Crippen molar-refractivity contribution in [1.82, 2.24) is 10.2 Å². The summed E-state index contributed by atoms with van der Waals surface area (Å²) in [6, 6.07) is 10.8. The first kappa shape index (κ1) is 16.5. The zero-order valence-corrected chi connectivity index (χ0v) is 14.1. The van der Waals surface area contributed by atoms with Gasteiger partial charge in [-0.2, -0.15) is 0 Å². The van der Waals surface area contributed by atoms with Gasteiger partial charge in [0.2, 0.25) is 0 Å². The number of nitrogens with one attached hydrogen (secondary N) is 1. The third-order valence-corrected chi connectivity index (χ3v) is 5.13. The molecule has 1 saturated carbocycles. The number of nitrogens with zero attached hydrogens (tertiary/aromatic N) is 1. The van der Waals surface area contributed by atoms with Crippen LogP contribution in [0.15, 0.2) is 30.3 Å². The molecule has 0 aliphatic heterocycles. The van der Waals surface area contributed by atoms with Gasteiger partial charge in [0.1, 0.15) is 0 Å². The molecule has 1 fully saturated rings. The van der Waals surface area contributed by atoms with E-state index in [0.29, 0.717) is 5.54 Å². The lowest BCUT2D eigenvalue weighted by atomic mass is 9.75. The number of rotatable bonds is 7. The summed E-state index contributed by atoms with van der Waals surface area (Å²) in [5, 5.41) is 3.73. The van der Waals surface area contributed by atoms with Crippen molar-refractivity contribution in [2.75, 3.05) is 27.2 Å². The lowest BCUT2D eigenvalue weighted by Gasteiger charge is -2.45. The number of aryl methyl sites for hydroxylation is 1. The van der Waals surface area contributed by atoms with Crippen LogP contribution in [0.2, 0.25) is 0 Å². The first-order valence-electron chi connectivity index (χ1n) is 8.54. The summed E-state index contributed by atoms with van der Waals surface area (Å²) < 4.78 is 0. The van der Waals surface area contributed by atoms with Crippen LogP contribution in [0.1, 0.15) is 44.6 Å². The zero-order chi connectivity index (χ0) is 15.1. The van der Waals surface area contributed by atoms with Crippen molar-refractivity contribution < 1.29 is 0 Å². The average Bonchev–Trinajstić information content (AvgIpc) is 2.48. The minimum atomic E-state index is 0.379. The Labute approximate surface area is 130 Å². The molecule has 2 atom stereocenters. The van der Waals surface area contributed by atoms with E-state index in [0.717, 1.165) is 19.0 Å². The van der Waals surface area contributed by atoms with E-state index in [1.165, 1.54) is 44.1 Å². The second-order valence-corrected chi connectivity index (χ2v) is 7.09. The monoisotopic (exact) mass is 288 g/mol. The van der Waals surface area contributed by atoms with Crippen molar-refractivity contribution in [2.24, 2.45) is 5.92 Å². The van der Waals surface area contributed by atoms with Gasteiger partial charge < -0.3 is 10.2 Å². The molecule has 1 aromatic rings. The lowest BCUT2D eigenvalue weighted by Crippen LogP contribution is -2.54. The molecule has 1 aromatic carbocycles. The molecule has 0 bridgehead atoms. The fraction of sp³-hybridized carbons (Fsp3) is 0.684. The smallest absolute Gasteiger partial charge is 0.0330 e. The van der Waals surface area contributed by atoms with E-state index in [9.17, 15) is 0 Å². The Morgan fingerprint density at radius 3 is 2.67 bits per heavy atom. The maximum Gasteiger partial charge on any atom is 0.0330 e. The molecule has 118 valence electrons. The van der Waals surface area contributed by atoms with Crippen molar-refractivity contribution in [1.29, 1.82) is 0 Å². The molecule has 2 rings (SSSR count). The summed E-state index contributed by atoms with van der Waals surface area (Å²) >= 11 is 0. The predicted molar refractivity (Wildman–Crippen MR) is 91.7 cm³/mol. The van der Waals surface area contributed by atoms with Crippen LogP contribution in [0.4, 0.5) is 0 Å². The average molecular weight is 288 g/mol. The molecule has 21 heavy (non-hydrogen) atoms. The van der Waals surface area contributed by atoms with Crippen LogP contribution in [-0.2, 0) is 6.42 Å². The first-order valence-corrected chi connectivity index (χ1v) is 8.54. The standard InChI is InChI=1S/C19H32N2/c1-17-9-7-13-19(15-17,21(2)3)16-20-14-8-12-18-10-5-4-6-11-18/h4-6,10-11,17,20H,7-9,12-16H2,1-3H3.